The summed E-state index contributed by atoms with van der Waals surface area (Å²) in [5.74, 6) is 0.470. The van der Waals surface area contributed by atoms with Crippen LogP contribution in [0.5, 0.6) is 0 Å². The van der Waals surface area contributed by atoms with Gasteiger partial charge in [-0.1, -0.05) is 72.3 Å². The van der Waals surface area contributed by atoms with E-state index in [-0.39, 0.29) is 0 Å². The van der Waals surface area contributed by atoms with E-state index in [1.165, 1.54) is 16.7 Å². The van der Waals surface area contributed by atoms with Crippen LogP contribution >= 0.6 is 0 Å². The van der Waals surface area contributed by atoms with Gasteiger partial charge in [0.25, 0.3) is 0 Å². The summed E-state index contributed by atoms with van der Waals surface area (Å²) in [6, 6.07) is 19.7. The molecule has 2 aliphatic carbocycles. The van der Waals surface area contributed by atoms with Crippen LogP contribution in [0.25, 0.3) is 5.57 Å². The molecular weight excluding hydrogens is 228 g/mol. The van der Waals surface area contributed by atoms with Crippen LogP contribution in [0.3, 0.4) is 0 Å². The van der Waals surface area contributed by atoms with Crippen LogP contribution in [0.4, 0.5) is 0 Å². The first-order valence-corrected chi connectivity index (χ1v) is 6.95. The Morgan fingerprint density at radius 2 is 1.63 bits per heavy atom. The quantitative estimate of drug-likeness (QED) is 0.636. The number of rotatable bonds is 1. The van der Waals surface area contributed by atoms with Crippen molar-refractivity contribution in [1.82, 2.24) is 0 Å². The summed E-state index contributed by atoms with van der Waals surface area (Å²) in [5, 5.41) is 0. The third kappa shape index (κ3) is 1.67. The highest BCUT2D eigenvalue weighted by molar-refractivity contribution is 5.80. The molecule has 0 nitrogen and oxygen atoms in total. The summed E-state index contributed by atoms with van der Waals surface area (Å²) < 4.78 is 0. The minimum atomic E-state index is 0.470. The van der Waals surface area contributed by atoms with Crippen LogP contribution in [0, 0.1) is 0 Å². The van der Waals surface area contributed by atoms with Crippen LogP contribution in [0.2, 0.25) is 0 Å². The maximum Gasteiger partial charge on any atom is 0.0237 e. The number of benzene rings is 2. The zero-order valence-electron chi connectivity index (χ0n) is 10.8. The Balaban J connectivity index is 1.81. The molecule has 0 N–H and O–H groups in total. The zero-order chi connectivity index (χ0) is 12.7. The molecule has 0 aromatic heterocycles. The van der Waals surface area contributed by atoms with Crippen molar-refractivity contribution < 1.29 is 0 Å². The summed E-state index contributed by atoms with van der Waals surface area (Å²) in [5.41, 5.74) is 7.56. The normalized spacial score (nSPS) is 20.3. The molecule has 0 heteroatoms. The smallest absolute Gasteiger partial charge is 0.0237 e. The van der Waals surface area contributed by atoms with Gasteiger partial charge >= 0.3 is 0 Å². The van der Waals surface area contributed by atoms with Crippen molar-refractivity contribution in [2.75, 3.05) is 0 Å². The number of allylic oxidation sites excluding steroid dienone is 4. The SMILES string of the molecule is C1=CC(c2ccccc2)C2=C(C1)c1ccccc1C2. The topological polar surface area (TPSA) is 0 Å². The molecule has 0 spiro atoms. The highest BCUT2D eigenvalue weighted by Gasteiger charge is 2.27. The summed E-state index contributed by atoms with van der Waals surface area (Å²) in [6.45, 7) is 0. The van der Waals surface area contributed by atoms with Crippen molar-refractivity contribution in [3.63, 3.8) is 0 Å². The predicted octanol–water partition coefficient (Wildman–Crippen LogP) is 4.74. The van der Waals surface area contributed by atoms with E-state index in [0.717, 1.165) is 12.8 Å². The van der Waals surface area contributed by atoms with Crippen LogP contribution < -0.4 is 0 Å². The van der Waals surface area contributed by atoms with Crippen molar-refractivity contribution >= 4 is 5.57 Å². The molecule has 2 aliphatic rings. The van der Waals surface area contributed by atoms with Crippen molar-refractivity contribution in [3.05, 3.63) is 89.0 Å². The average molecular weight is 244 g/mol. The van der Waals surface area contributed by atoms with Crippen LogP contribution in [0.15, 0.2) is 72.3 Å². The molecule has 2 aromatic carbocycles. The summed E-state index contributed by atoms with van der Waals surface area (Å²) in [6.07, 6.45) is 6.92. The van der Waals surface area contributed by atoms with Gasteiger partial charge in [-0.15, -0.1) is 0 Å². The number of hydrogen-bond acceptors (Lipinski definition) is 0. The fourth-order valence-electron chi connectivity index (χ4n) is 3.40. The lowest BCUT2D eigenvalue weighted by molar-refractivity contribution is 0.928. The minimum absolute atomic E-state index is 0.470. The second-order valence-corrected chi connectivity index (χ2v) is 5.36. The van der Waals surface area contributed by atoms with Crippen molar-refractivity contribution in [1.29, 1.82) is 0 Å². The molecule has 1 atom stereocenters. The van der Waals surface area contributed by atoms with Gasteiger partial charge in [-0.25, -0.2) is 0 Å². The maximum absolute atomic E-state index is 2.38. The molecule has 19 heavy (non-hydrogen) atoms. The average Bonchev–Trinajstić information content (AvgIpc) is 2.87. The molecular formula is C19H16. The Labute approximate surface area is 114 Å². The molecule has 0 amide bonds. The second kappa shape index (κ2) is 4.24. The monoisotopic (exact) mass is 244 g/mol. The third-order valence-electron chi connectivity index (χ3n) is 4.30. The van der Waals surface area contributed by atoms with Gasteiger partial charge in [-0.2, -0.15) is 0 Å². The van der Waals surface area contributed by atoms with E-state index in [1.54, 1.807) is 11.1 Å². The first kappa shape index (κ1) is 10.8. The van der Waals surface area contributed by atoms with E-state index in [1.807, 2.05) is 0 Å². The fraction of sp³-hybridized carbons (Fsp3) is 0.158. The standard InChI is InChI=1S/C19H16/c1-2-7-14(8-3-1)16-11-6-12-18-17-10-5-4-9-15(17)13-19(16)18/h1-11,16H,12-13H2. The van der Waals surface area contributed by atoms with Gasteiger partial charge < -0.3 is 0 Å². The highest BCUT2D eigenvalue weighted by atomic mass is 14.3. The van der Waals surface area contributed by atoms with Gasteiger partial charge in [0.2, 0.25) is 0 Å². The third-order valence-corrected chi connectivity index (χ3v) is 4.30. The molecule has 0 saturated heterocycles. The molecule has 0 fully saturated rings. The summed E-state index contributed by atoms with van der Waals surface area (Å²) in [4.78, 5) is 0. The van der Waals surface area contributed by atoms with Crippen molar-refractivity contribution in [2.24, 2.45) is 0 Å². The molecule has 0 saturated carbocycles. The second-order valence-electron chi connectivity index (χ2n) is 5.36. The number of fused-ring (bicyclic) bond motifs is 2. The lowest BCUT2D eigenvalue weighted by Crippen LogP contribution is -2.04. The molecule has 0 bridgehead atoms. The summed E-state index contributed by atoms with van der Waals surface area (Å²) in [7, 11) is 0. The van der Waals surface area contributed by atoms with Gasteiger partial charge in [-0.05, 0) is 35.1 Å². The predicted molar refractivity (Wildman–Crippen MR) is 80.0 cm³/mol. The molecule has 0 radical (unpaired) electrons. The zero-order valence-corrected chi connectivity index (χ0v) is 10.8. The molecule has 0 heterocycles. The van der Waals surface area contributed by atoms with Crippen LogP contribution in [0.1, 0.15) is 29.0 Å². The molecule has 2 aromatic rings. The molecule has 1 unspecified atom stereocenters. The lowest BCUT2D eigenvalue weighted by Gasteiger charge is -2.21. The van der Waals surface area contributed by atoms with Gasteiger partial charge in [0.05, 0.1) is 0 Å². The van der Waals surface area contributed by atoms with Gasteiger partial charge in [-0.3, -0.25) is 0 Å². The Kier molecular flexibility index (Phi) is 2.41. The first-order chi connectivity index (χ1) is 9.43. The van der Waals surface area contributed by atoms with Gasteiger partial charge in [0, 0.05) is 5.92 Å². The van der Waals surface area contributed by atoms with E-state index in [9.17, 15) is 0 Å². The van der Waals surface area contributed by atoms with Crippen molar-refractivity contribution in [3.8, 4) is 0 Å². The molecule has 0 aliphatic heterocycles. The van der Waals surface area contributed by atoms with E-state index in [4.69, 9.17) is 0 Å². The Morgan fingerprint density at radius 3 is 2.53 bits per heavy atom. The van der Waals surface area contributed by atoms with E-state index >= 15 is 0 Å². The van der Waals surface area contributed by atoms with E-state index in [2.05, 4.69) is 66.7 Å². The Hall–Kier alpha value is -2.08. The Bertz CT molecular complexity index is 674. The number of hydrogen-bond donors (Lipinski definition) is 0. The van der Waals surface area contributed by atoms with Gasteiger partial charge in [0.15, 0.2) is 0 Å². The largest absolute Gasteiger partial charge is 0.0832 e. The van der Waals surface area contributed by atoms with Crippen LogP contribution in [-0.2, 0) is 6.42 Å². The lowest BCUT2D eigenvalue weighted by atomic mass is 9.83. The van der Waals surface area contributed by atoms with E-state index < -0.39 is 0 Å². The highest BCUT2D eigenvalue weighted by Crippen LogP contribution is 2.44. The maximum atomic E-state index is 2.38. The van der Waals surface area contributed by atoms with Crippen LogP contribution in [-0.4, -0.2) is 0 Å². The summed E-state index contributed by atoms with van der Waals surface area (Å²) >= 11 is 0. The molecule has 92 valence electrons. The fourth-order valence-corrected chi connectivity index (χ4v) is 3.40. The Morgan fingerprint density at radius 1 is 0.842 bits per heavy atom. The van der Waals surface area contributed by atoms with Gasteiger partial charge in [0.1, 0.15) is 0 Å². The van der Waals surface area contributed by atoms with E-state index in [0.29, 0.717) is 5.92 Å². The minimum Gasteiger partial charge on any atom is -0.0832 e. The van der Waals surface area contributed by atoms with Crippen molar-refractivity contribution in [2.45, 2.75) is 18.8 Å². The molecule has 4 rings (SSSR count). The first-order valence-electron chi connectivity index (χ1n) is 6.95.